The van der Waals surface area contributed by atoms with Crippen molar-refractivity contribution in [2.75, 3.05) is 0 Å². The van der Waals surface area contributed by atoms with Gasteiger partial charge in [-0.1, -0.05) is 18.7 Å². The summed E-state index contributed by atoms with van der Waals surface area (Å²) in [5.74, 6) is 0.171. The summed E-state index contributed by atoms with van der Waals surface area (Å²) in [4.78, 5) is 10.8. The van der Waals surface area contributed by atoms with E-state index in [0.29, 0.717) is 18.4 Å². The average molecular weight is 199 g/mol. The Hall–Kier alpha value is -1.88. The molecular formula is C13H13NO. The monoisotopic (exact) mass is 199 g/mol. The van der Waals surface area contributed by atoms with Gasteiger partial charge in [0.2, 0.25) is 0 Å². The molecule has 0 amide bonds. The van der Waals surface area contributed by atoms with Gasteiger partial charge in [0.1, 0.15) is 5.78 Å². The Kier molecular flexibility index (Phi) is 3.82. The zero-order valence-electron chi connectivity index (χ0n) is 8.79. The van der Waals surface area contributed by atoms with Crippen molar-refractivity contribution in [3.8, 4) is 6.07 Å². The van der Waals surface area contributed by atoms with Crippen LogP contribution in [0.15, 0.2) is 30.8 Å². The number of carbonyl (C=O) groups excluding carboxylic acids is 1. The number of benzene rings is 1. The lowest BCUT2D eigenvalue weighted by Gasteiger charge is -2.04. The molecule has 0 unspecified atom stereocenters. The van der Waals surface area contributed by atoms with E-state index in [1.807, 2.05) is 12.1 Å². The fourth-order valence-corrected chi connectivity index (χ4v) is 1.25. The van der Waals surface area contributed by atoms with Crippen molar-refractivity contribution in [2.45, 2.75) is 19.8 Å². The molecule has 1 aromatic carbocycles. The average Bonchev–Trinajstić information content (AvgIpc) is 2.26. The number of allylic oxidation sites excluding steroid dienone is 1. The number of carbonyl (C=O) groups is 1. The van der Waals surface area contributed by atoms with Crippen molar-refractivity contribution in [1.82, 2.24) is 0 Å². The van der Waals surface area contributed by atoms with Crippen molar-refractivity contribution < 1.29 is 4.79 Å². The van der Waals surface area contributed by atoms with Gasteiger partial charge in [0, 0.05) is 6.42 Å². The Balaban J connectivity index is 2.67. The number of hydrogen-bond acceptors (Lipinski definition) is 2. The highest BCUT2D eigenvalue weighted by Gasteiger charge is 2.01. The lowest BCUT2D eigenvalue weighted by Crippen LogP contribution is -1.91. The molecule has 76 valence electrons. The Morgan fingerprint density at radius 3 is 2.40 bits per heavy atom. The largest absolute Gasteiger partial charge is 0.300 e. The van der Waals surface area contributed by atoms with E-state index in [1.54, 1.807) is 19.1 Å². The van der Waals surface area contributed by atoms with E-state index < -0.39 is 0 Å². The molecule has 1 rings (SSSR count). The van der Waals surface area contributed by atoms with Gasteiger partial charge in [-0.05, 0) is 36.6 Å². The van der Waals surface area contributed by atoms with Crippen LogP contribution in [0.3, 0.4) is 0 Å². The summed E-state index contributed by atoms with van der Waals surface area (Å²) >= 11 is 0. The smallest absolute Gasteiger partial charge is 0.130 e. The first-order valence-electron chi connectivity index (χ1n) is 4.81. The van der Waals surface area contributed by atoms with E-state index in [1.165, 1.54) is 0 Å². The van der Waals surface area contributed by atoms with E-state index in [-0.39, 0.29) is 5.78 Å². The standard InChI is InChI=1S/C13H13NO/c1-10(3-4-11(2)15)13-7-5-12(9-14)6-8-13/h5-8H,1,3-4H2,2H3. The third kappa shape index (κ3) is 3.40. The summed E-state index contributed by atoms with van der Waals surface area (Å²) < 4.78 is 0. The molecule has 0 aliphatic carbocycles. The van der Waals surface area contributed by atoms with Crippen LogP contribution >= 0.6 is 0 Å². The zero-order chi connectivity index (χ0) is 11.3. The van der Waals surface area contributed by atoms with Crippen LogP contribution in [0.1, 0.15) is 30.9 Å². The SMILES string of the molecule is C=C(CCC(C)=O)c1ccc(C#N)cc1. The number of Topliss-reactive ketones (excluding diaryl/α,β-unsaturated/α-hetero) is 1. The summed E-state index contributed by atoms with van der Waals surface area (Å²) in [5, 5.41) is 8.63. The van der Waals surface area contributed by atoms with Gasteiger partial charge in [-0.25, -0.2) is 0 Å². The maximum Gasteiger partial charge on any atom is 0.130 e. The Morgan fingerprint density at radius 1 is 1.33 bits per heavy atom. The Labute approximate surface area is 89.9 Å². The molecular weight excluding hydrogens is 186 g/mol. The van der Waals surface area contributed by atoms with Crippen molar-refractivity contribution in [1.29, 1.82) is 5.26 Å². The van der Waals surface area contributed by atoms with Crippen LogP contribution in [0.5, 0.6) is 0 Å². The van der Waals surface area contributed by atoms with Crippen LogP contribution in [0.2, 0.25) is 0 Å². The van der Waals surface area contributed by atoms with Crippen LogP contribution in [0.25, 0.3) is 5.57 Å². The molecule has 1 aromatic rings. The molecule has 0 spiro atoms. The third-order valence-electron chi connectivity index (χ3n) is 2.20. The van der Waals surface area contributed by atoms with Crippen LogP contribution in [0.4, 0.5) is 0 Å². The minimum absolute atomic E-state index is 0.171. The molecule has 0 heterocycles. The van der Waals surface area contributed by atoms with Crippen LogP contribution in [-0.4, -0.2) is 5.78 Å². The predicted molar refractivity (Wildman–Crippen MR) is 60.1 cm³/mol. The topological polar surface area (TPSA) is 40.9 Å². The number of rotatable bonds is 4. The van der Waals surface area contributed by atoms with Gasteiger partial charge in [0.25, 0.3) is 0 Å². The summed E-state index contributed by atoms with van der Waals surface area (Å²) in [6, 6.07) is 9.30. The second kappa shape index (κ2) is 5.11. The molecule has 2 nitrogen and oxygen atoms in total. The van der Waals surface area contributed by atoms with Crippen LogP contribution in [0, 0.1) is 11.3 Å². The van der Waals surface area contributed by atoms with E-state index >= 15 is 0 Å². The zero-order valence-corrected chi connectivity index (χ0v) is 8.79. The molecule has 0 aromatic heterocycles. The van der Waals surface area contributed by atoms with Crippen LogP contribution in [-0.2, 0) is 4.79 Å². The lowest BCUT2D eigenvalue weighted by molar-refractivity contribution is -0.116. The van der Waals surface area contributed by atoms with Gasteiger partial charge in [-0.15, -0.1) is 0 Å². The van der Waals surface area contributed by atoms with Gasteiger partial charge in [-0.3, -0.25) is 0 Å². The molecule has 0 saturated carbocycles. The second-order valence-corrected chi connectivity index (χ2v) is 3.49. The van der Waals surface area contributed by atoms with Gasteiger partial charge < -0.3 is 4.79 Å². The van der Waals surface area contributed by atoms with Crippen molar-refractivity contribution in [3.63, 3.8) is 0 Å². The fourth-order valence-electron chi connectivity index (χ4n) is 1.25. The Bertz CT molecular complexity index is 409. The highest BCUT2D eigenvalue weighted by atomic mass is 16.1. The molecule has 0 N–H and O–H groups in total. The van der Waals surface area contributed by atoms with Gasteiger partial charge >= 0.3 is 0 Å². The molecule has 0 atom stereocenters. The van der Waals surface area contributed by atoms with Crippen LogP contribution < -0.4 is 0 Å². The first-order chi connectivity index (χ1) is 7.13. The number of ketones is 1. The predicted octanol–water partition coefficient (Wildman–Crippen LogP) is 2.94. The fraction of sp³-hybridized carbons (Fsp3) is 0.231. The van der Waals surface area contributed by atoms with E-state index in [2.05, 4.69) is 12.6 Å². The molecule has 15 heavy (non-hydrogen) atoms. The normalized spacial score (nSPS) is 9.33. The van der Waals surface area contributed by atoms with Gasteiger partial charge in [-0.2, -0.15) is 5.26 Å². The summed E-state index contributed by atoms with van der Waals surface area (Å²) in [6.45, 7) is 5.49. The summed E-state index contributed by atoms with van der Waals surface area (Å²) in [5.41, 5.74) is 2.57. The van der Waals surface area contributed by atoms with E-state index in [9.17, 15) is 4.79 Å². The number of nitriles is 1. The third-order valence-corrected chi connectivity index (χ3v) is 2.20. The maximum absolute atomic E-state index is 10.8. The second-order valence-electron chi connectivity index (χ2n) is 3.49. The maximum atomic E-state index is 10.8. The molecule has 2 heteroatoms. The molecule has 0 saturated heterocycles. The van der Waals surface area contributed by atoms with Gasteiger partial charge in [0.15, 0.2) is 0 Å². The van der Waals surface area contributed by atoms with Crippen molar-refractivity contribution in [3.05, 3.63) is 42.0 Å². The quantitative estimate of drug-likeness (QED) is 0.748. The van der Waals surface area contributed by atoms with Crippen molar-refractivity contribution >= 4 is 11.4 Å². The highest BCUT2D eigenvalue weighted by Crippen LogP contribution is 2.18. The van der Waals surface area contributed by atoms with E-state index in [0.717, 1.165) is 11.1 Å². The van der Waals surface area contributed by atoms with Gasteiger partial charge in [0.05, 0.1) is 11.6 Å². The minimum Gasteiger partial charge on any atom is -0.300 e. The number of nitrogens with zero attached hydrogens (tertiary/aromatic N) is 1. The first-order valence-corrected chi connectivity index (χ1v) is 4.81. The molecule has 0 fully saturated rings. The summed E-state index contributed by atoms with van der Waals surface area (Å²) in [6.07, 6.45) is 1.21. The molecule has 0 radical (unpaired) electrons. The first kappa shape index (κ1) is 11.2. The molecule has 0 bridgehead atoms. The molecule has 0 aliphatic heterocycles. The number of hydrogen-bond donors (Lipinski definition) is 0. The molecule has 0 aliphatic rings. The van der Waals surface area contributed by atoms with E-state index in [4.69, 9.17) is 5.26 Å². The summed E-state index contributed by atoms with van der Waals surface area (Å²) in [7, 11) is 0. The van der Waals surface area contributed by atoms with Crippen molar-refractivity contribution in [2.24, 2.45) is 0 Å². The Morgan fingerprint density at radius 2 is 1.93 bits per heavy atom. The lowest BCUT2D eigenvalue weighted by atomic mass is 10.0. The highest BCUT2D eigenvalue weighted by molar-refractivity contribution is 5.78. The minimum atomic E-state index is 0.171.